The normalized spacial score (nSPS) is 11.3. The molecule has 0 unspecified atom stereocenters. The molecule has 2 heterocycles. The van der Waals surface area contributed by atoms with Crippen molar-refractivity contribution in [3.8, 4) is 11.3 Å². The smallest absolute Gasteiger partial charge is 0.255 e. The van der Waals surface area contributed by atoms with E-state index in [9.17, 15) is 9.18 Å². The summed E-state index contributed by atoms with van der Waals surface area (Å²) in [5, 5.41) is 3.49. The molecule has 0 radical (unpaired) electrons. The van der Waals surface area contributed by atoms with Gasteiger partial charge in [-0.3, -0.25) is 9.20 Å². The van der Waals surface area contributed by atoms with E-state index in [4.69, 9.17) is 11.6 Å². The van der Waals surface area contributed by atoms with Gasteiger partial charge in [0, 0.05) is 28.0 Å². The minimum Gasteiger partial charge on any atom is -0.322 e. The number of aromatic nitrogens is 2. The highest BCUT2D eigenvalue weighted by molar-refractivity contribution is 7.23. The lowest BCUT2D eigenvalue weighted by molar-refractivity contribution is 0.102. The maximum absolute atomic E-state index is 13.2. The minimum atomic E-state index is -0.274. The lowest BCUT2D eigenvalue weighted by Gasteiger charge is -2.07. The predicted octanol–water partition coefficient (Wildman–Crippen LogP) is 6.57. The first-order valence-corrected chi connectivity index (χ1v) is 10.4. The zero-order valence-electron chi connectivity index (χ0n) is 15.8. The largest absolute Gasteiger partial charge is 0.322 e. The number of benzene rings is 3. The van der Waals surface area contributed by atoms with Gasteiger partial charge < -0.3 is 5.32 Å². The molecule has 5 rings (SSSR count). The van der Waals surface area contributed by atoms with Gasteiger partial charge in [0.15, 0.2) is 4.96 Å². The fourth-order valence-electron chi connectivity index (χ4n) is 3.28. The van der Waals surface area contributed by atoms with Crippen molar-refractivity contribution in [2.24, 2.45) is 0 Å². The second-order valence-electron chi connectivity index (χ2n) is 6.99. The van der Waals surface area contributed by atoms with E-state index in [1.54, 1.807) is 24.3 Å². The van der Waals surface area contributed by atoms with E-state index in [1.807, 2.05) is 41.8 Å². The van der Waals surface area contributed by atoms with E-state index in [2.05, 4.69) is 10.3 Å². The van der Waals surface area contributed by atoms with Crippen LogP contribution in [0.1, 0.15) is 15.9 Å². The molecule has 0 saturated carbocycles. The molecule has 30 heavy (non-hydrogen) atoms. The predicted molar refractivity (Wildman–Crippen MR) is 120 cm³/mol. The topological polar surface area (TPSA) is 46.4 Å². The van der Waals surface area contributed by atoms with Gasteiger partial charge in [-0.15, -0.1) is 0 Å². The zero-order valence-corrected chi connectivity index (χ0v) is 17.4. The fraction of sp³-hybridized carbons (Fsp3) is 0.0435. The van der Waals surface area contributed by atoms with Crippen LogP contribution in [0.5, 0.6) is 0 Å². The van der Waals surface area contributed by atoms with E-state index in [1.165, 1.54) is 23.5 Å². The highest BCUT2D eigenvalue weighted by Gasteiger charge is 2.13. The Balaban J connectivity index is 1.46. The van der Waals surface area contributed by atoms with E-state index in [0.717, 1.165) is 32.0 Å². The van der Waals surface area contributed by atoms with Crippen LogP contribution >= 0.6 is 22.9 Å². The van der Waals surface area contributed by atoms with Crippen LogP contribution in [0, 0.1) is 12.7 Å². The van der Waals surface area contributed by atoms with E-state index >= 15 is 0 Å². The maximum atomic E-state index is 13.2. The van der Waals surface area contributed by atoms with Gasteiger partial charge in [0.05, 0.1) is 15.9 Å². The molecule has 0 bridgehead atoms. The van der Waals surface area contributed by atoms with Crippen LogP contribution in [-0.4, -0.2) is 15.3 Å². The molecule has 0 aliphatic heterocycles. The number of hydrogen-bond acceptors (Lipinski definition) is 3. The highest BCUT2D eigenvalue weighted by Crippen LogP contribution is 2.30. The number of rotatable bonds is 3. The molecule has 4 nitrogen and oxygen atoms in total. The van der Waals surface area contributed by atoms with Crippen LogP contribution in [0.3, 0.4) is 0 Å². The summed E-state index contributed by atoms with van der Waals surface area (Å²) in [5.74, 6) is -0.473. The van der Waals surface area contributed by atoms with Crippen LogP contribution < -0.4 is 5.32 Å². The summed E-state index contributed by atoms with van der Waals surface area (Å²) in [4.78, 5) is 18.1. The molecule has 148 valence electrons. The Morgan fingerprint density at radius 1 is 1.10 bits per heavy atom. The van der Waals surface area contributed by atoms with Gasteiger partial charge in [-0.2, -0.15) is 0 Å². The van der Waals surface area contributed by atoms with Gasteiger partial charge in [-0.05, 0) is 67.1 Å². The van der Waals surface area contributed by atoms with Crippen molar-refractivity contribution in [3.05, 3.63) is 88.8 Å². The SMILES string of the molecule is Cc1ccc(NC(=O)c2ccc3c(c2)sc2nc(-c4ccc(F)cc4)cn23)cc1Cl. The van der Waals surface area contributed by atoms with Crippen molar-refractivity contribution in [1.29, 1.82) is 0 Å². The summed E-state index contributed by atoms with van der Waals surface area (Å²) in [7, 11) is 0. The number of halogens is 2. The van der Waals surface area contributed by atoms with Crippen molar-refractivity contribution in [3.63, 3.8) is 0 Å². The van der Waals surface area contributed by atoms with Crippen molar-refractivity contribution in [1.82, 2.24) is 9.38 Å². The molecule has 1 amide bonds. The summed E-state index contributed by atoms with van der Waals surface area (Å²) >= 11 is 7.64. The molecule has 0 aliphatic rings. The van der Waals surface area contributed by atoms with E-state index in [-0.39, 0.29) is 11.7 Å². The molecule has 1 N–H and O–H groups in total. The van der Waals surface area contributed by atoms with E-state index in [0.29, 0.717) is 16.3 Å². The van der Waals surface area contributed by atoms with Gasteiger partial charge in [0.2, 0.25) is 0 Å². The quantitative estimate of drug-likeness (QED) is 0.348. The Kier molecular flexibility index (Phi) is 4.53. The number of carbonyl (C=O) groups excluding carboxylic acids is 1. The number of nitrogens with one attached hydrogen (secondary N) is 1. The minimum absolute atomic E-state index is 0.199. The summed E-state index contributed by atoms with van der Waals surface area (Å²) in [5.41, 5.74) is 4.77. The first-order valence-electron chi connectivity index (χ1n) is 9.23. The van der Waals surface area contributed by atoms with Crippen LogP contribution in [0.2, 0.25) is 5.02 Å². The van der Waals surface area contributed by atoms with Crippen molar-refractivity contribution in [2.45, 2.75) is 6.92 Å². The molecular weight excluding hydrogens is 421 g/mol. The molecule has 2 aromatic heterocycles. The standard InChI is InChI=1S/C23H15ClFN3OS/c1-13-2-8-17(11-18(13)24)26-22(29)15-5-9-20-21(10-15)30-23-27-19(12-28(20)23)14-3-6-16(25)7-4-14/h2-12H,1H3,(H,26,29). The molecular formula is C23H15ClFN3OS. The zero-order chi connectivity index (χ0) is 20.8. The first-order chi connectivity index (χ1) is 14.5. The maximum Gasteiger partial charge on any atom is 0.255 e. The molecule has 0 fully saturated rings. The average molecular weight is 436 g/mol. The Labute approximate surface area is 180 Å². The number of hydrogen-bond donors (Lipinski definition) is 1. The van der Waals surface area contributed by atoms with Gasteiger partial charge in [-0.25, -0.2) is 9.37 Å². The van der Waals surface area contributed by atoms with Crippen LogP contribution in [0.15, 0.2) is 66.9 Å². The third-order valence-corrected chi connectivity index (χ3v) is 6.35. The third-order valence-electron chi connectivity index (χ3n) is 4.93. The summed E-state index contributed by atoms with van der Waals surface area (Å²) in [6.07, 6.45) is 1.93. The number of nitrogens with zero attached hydrogens (tertiary/aromatic N) is 2. The molecule has 7 heteroatoms. The molecule has 0 aliphatic carbocycles. The van der Waals surface area contributed by atoms with Crippen molar-refractivity contribution in [2.75, 3.05) is 5.32 Å². The summed E-state index contributed by atoms with van der Waals surface area (Å²) < 4.78 is 16.1. The number of aryl methyl sites for hydroxylation is 1. The van der Waals surface area contributed by atoms with Gasteiger partial charge in [-0.1, -0.05) is 29.0 Å². The molecule has 0 spiro atoms. The van der Waals surface area contributed by atoms with Crippen molar-refractivity contribution < 1.29 is 9.18 Å². The second kappa shape index (κ2) is 7.23. The highest BCUT2D eigenvalue weighted by atomic mass is 35.5. The monoisotopic (exact) mass is 435 g/mol. The number of thiazole rings is 1. The lowest BCUT2D eigenvalue weighted by Crippen LogP contribution is -2.11. The average Bonchev–Trinajstić information content (AvgIpc) is 3.28. The van der Waals surface area contributed by atoms with Crippen LogP contribution in [-0.2, 0) is 0 Å². The number of fused-ring (bicyclic) bond motifs is 3. The van der Waals surface area contributed by atoms with Gasteiger partial charge in [0.25, 0.3) is 5.91 Å². The molecule has 0 saturated heterocycles. The summed E-state index contributed by atoms with van der Waals surface area (Å²) in [6, 6.07) is 17.3. The Hall–Kier alpha value is -3.22. The Morgan fingerprint density at radius 2 is 1.90 bits per heavy atom. The van der Waals surface area contributed by atoms with Gasteiger partial charge >= 0.3 is 0 Å². The van der Waals surface area contributed by atoms with Crippen LogP contribution in [0.25, 0.3) is 26.4 Å². The molecule has 5 aromatic rings. The third kappa shape index (κ3) is 3.34. The second-order valence-corrected chi connectivity index (χ2v) is 8.40. The Bertz CT molecular complexity index is 1420. The van der Waals surface area contributed by atoms with E-state index < -0.39 is 0 Å². The fourth-order valence-corrected chi connectivity index (χ4v) is 4.50. The number of amides is 1. The molecule has 0 atom stereocenters. The number of anilines is 1. The number of imidazole rings is 1. The Morgan fingerprint density at radius 3 is 2.67 bits per heavy atom. The van der Waals surface area contributed by atoms with Crippen molar-refractivity contribution >= 4 is 49.7 Å². The lowest BCUT2D eigenvalue weighted by atomic mass is 10.1. The number of carbonyl (C=O) groups is 1. The van der Waals surface area contributed by atoms with Crippen LogP contribution in [0.4, 0.5) is 10.1 Å². The van der Waals surface area contributed by atoms with Gasteiger partial charge in [0.1, 0.15) is 5.82 Å². The molecule has 3 aromatic carbocycles. The first kappa shape index (κ1) is 18.8. The summed E-state index contributed by atoms with van der Waals surface area (Å²) in [6.45, 7) is 1.91.